The van der Waals surface area contributed by atoms with E-state index >= 15 is 0 Å². The van der Waals surface area contributed by atoms with Crippen molar-refractivity contribution in [2.24, 2.45) is 0 Å². The topological polar surface area (TPSA) is 67.2 Å². The number of oxazole rings is 1. The summed E-state index contributed by atoms with van der Waals surface area (Å²) in [4.78, 5) is 16.1. The van der Waals surface area contributed by atoms with E-state index in [9.17, 15) is 18.0 Å². The van der Waals surface area contributed by atoms with E-state index in [2.05, 4.69) is 15.6 Å². The van der Waals surface area contributed by atoms with Gasteiger partial charge in [-0.3, -0.25) is 0 Å². The molecule has 2 aromatic carbocycles. The van der Waals surface area contributed by atoms with E-state index < -0.39 is 17.8 Å². The summed E-state index contributed by atoms with van der Waals surface area (Å²) in [5, 5.41) is 5.04. The van der Waals surface area contributed by atoms with Crippen molar-refractivity contribution in [2.45, 2.75) is 13.1 Å². The molecular weight excluding hydrogens is 323 g/mol. The Hall–Kier alpha value is -3.03. The molecule has 0 saturated heterocycles. The van der Waals surface area contributed by atoms with E-state index in [0.717, 1.165) is 12.1 Å². The smallest absolute Gasteiger partial charge is 0.416 e. The van der Waals surface area contributed by atoms with Crippen LogP contribution in [0.15, 0.2) is 46.9 Å². The van der Waals surface area contributed by atoms with Crippen LogP contribution in [0.2, 0.25) is 0 Å². The molecule has 5 nitrogen and oxygen atoms in total. The molecule has 0 bridgehead atoms. The lowest BCUT2D eigenvalue weighted by Crippen LogP contribution is -2.19. The molecular formula is C16H12F3N3O2. The summed E-state index contributed by atoms with van der Waals surface area (Å²) in [5.41, 5.74) is 1.15. The van der Waals surface area contributed by atoms with E-state index in [4.69, 9.17) is 4.42 Å². The molecule has 0 radical (unpaired) electrons. The number of aromatic nitrogens is 1. The molecule has 0 aliphatic carbocycles. The van der Waals surface area contributed by atoms with Gasteiger partial charge in [0.15, 0.2) is 11.5 Å². The van der Waals surface area contributed by atoms with Crippen LogP contribution in [0.1, 0.15) is 11.5 Å². The van der Waals surface area contributed by atoms with Gasteiger partial charge >= 0.3 is 12.2 Å². The van der Waals surface area contributed by atoms with Gasteiger partial charge in [-0.15, -0.1) is 0 Å². The van der Waals surface area contributed by atoms with Gasteiger partial charge in [-0.05, 0) is 42.5 Å². The number of urea groups is 1. The first-order valence-corrected chi connectivity index (χ1v) is 6.94. The maximum atomic E-state index is 12.5. The predicted octanol–water partition coefficient (Wildman–Crippen LogP) is 4.80. The zero-order valence-corrected chi connectivity index (χ0v) is 12.4. The number of fused-ring (bicyclic) bond motifs is 1. The van der Waals surface area contributed by atoms with Gasteiger partial charge in [0, 0.05) is 18.3 Å². The Bertz CT molecular complexity index is 886. The monoisotopic (exact) mass is 335 g/mol. The lowest BCUT2D eigenvalue weighted by Gasteiger charge is -2.09. The van der Waals surface area contributed by atoms with E-state index in [0.29, 0.717) is 22.7 Å². The van der Waals surface area contributed by atoms with Gasteiger partial charge in [-0.2, -0.15) is 13.2 Å². The largest absolute Gasteiger partial charge is 0.441 e. The van der Waals surface area contributed by atoms with Gasteiger partial charge in [-0.1, -0.05) is 0 Å². The summed E-state index contributed by atoms with van der Waals surface area (Å²) in [6, 6.07) is 8.55. The highest BCUT2D eigenvalue weighted by Gasteiger charge is 2.29. The normalized spacial score (nSPS) is 11.5. The van der Waals surface area contributed by atoms with Gasteiger partial charge < -0.3 is 15.1 Å². The van der Waals surface area contributed by atoms with Crippen molar-refractivity contribution in [1.29, 1.82) is 0 Å². The quantitative estimate of drug-likeness (QED) is 0.707. The molecule has 2 amide bonds. The molecule has 0 aliphatic rings. The van der Waals surface area contributed by atoms with E-state index in [-0.39, 0.29) is 5.69 Å². The third kappa shape index (κ3) is 3.48. The number of rotatable bonds is 2. The highest BCUT2D eigenvalue weighted by Crippen LogP contribution is 2.29. The van der Waals surface area contributed by atoms with Gasteiger partial charge in [0.05, 0.1) is 5.56 Å². The fraction of sp³-hybridized carbons (Fsp3) is 0.125. The molecule has 2 N–H and O–H groups in total. The number of hydrogen-bond donors (Lipinski definition) is 2. The number of nitrogens with zero attached hydrogens (tertiary/aromatic N) is 1. The highest BCUT2D eigenvalue weighted by atomic mass is 19.4. The Morgan fingerprint density at radius 3 is 2.33 bits per heavy atom. The molecule has 1 aromatic heterocycles. The van der Waals surface area contributed by atoms with Crippen LogP contribution < -0.4 is 10.6 Å². The van der Waals surface area contributed by atoms with Crippen LogP contribution >= 0.6 is 0 Å². The van der Waals surface area contributed by atoms with E-state index in [1.165, 1.54) is 12.1 Å². The van der Waals surface area contributed by atoms with Crippen LogP contribution in [0, 0.1) is 6.92 Å². The third-order valence-corrected chi connectivity index (χ3v) is 3.22. The van der Waals surface area contributed by atoms with Crippen molar-refractivity contribution < 1.29 is 22.4 Å². The molecule has 8 heteroatoms. The number of amides is 2. The number of hydrogen-bond acceptors (Lipinski definition) is 3. The fourth-order valence-corrected chi connectivity index (χ4v) is 2.16. The Kier molecular flexibility index (Phi) is 3.88. The zero-order valence-electron chi connectivity index (χ0n) is 12.4. The van der Waals surface area contributed by atoms with Gasteiger partial charge in [0.1, 0.15) is 5.52 Å². The molecule has 0 aliphatic heterocycles. The first-order valence-electron chi connectivity index (χ1n) is 6.94. The number of halogens is 3. The van der Waals surface area contributed by atoms with Crippen LogP contribution in [0.4, 0.5) is 29.3 Å². The van der Waals surface area contributed by atoms with Crippen molar-refractivity contribution in [3.05, 3.63) is 53.9 Å². The average molecular weight is 335 g/mol. The Balaban J connectivity index is 1.68. The van der Waals surface area contributed by atoms with Crippen molar-refractivity contribution >= 4 is 28.5 Å². The number of anilines is 2. The van der Waals surface area contributed by atoms with Crippen LogP contribution in [0.3, 0.4) is 0 Å². The SMILES string of the molecule is Cc1nc2cc(NC(=O)Nc3ccc(C(F)(F)F)cc3)ccc2o1. The Morgan fingerprint density at radius 1 is 1.04 bits per heavy atom. The number of aryl methyl sites for hydroxylation is 1. The van der Waals surface area contributed by atoms with Gasteiger partial charge in [-0.25, -0.2) is 9.78 Å². The second-order valence-corrected chi connectivity index (χ2v) is 5.07. The third-order valence-electron chi connectivity index (χ3n) is 3.22. The van der Waals surface area contributed by atoms with Crippen LogP contribution in [-0.4, -0.2) is 11.0 Å². The molecule has 24 heavy (non-hydrogen) atoms. The van der Waals surface area contributed by atoms with E-state index in [1.807, 2.05) is 0 Å². The summed E-state index contributed by atoms with van der Waals surface area (Å²) in [6.07, 6.45) is -4.41. The molecule has 124 valence electrons. The number of carbonyl (C=O) groups is 1. The molecule has 0 spiro atoms. The standard InChI is InChI=1S/C16H12F3N3O2/c1-9-20-13-8-12(6-7-14(13)24-9)22-15(23)21-11-4-2-10(3-5-11)16(17,18)19/h2-8H,1H3,(H2,21,22,23). The van der Waals surface area contributed by atoms with Gasteiger partial charge in [0.25, 0.3) is 0 Å². The van der Waals surface area contributed by atoms with Crippen molar-refractivity contribution in [3.8, 4) is 0 Å². The second-order valence-electron chi connectivity index (χ2n) is 5.07. The van der Waals surface area contributed by atoms with Crippen LogP contribution in [-0.2, 0) is 6.18 Å². The summed E-state index contributed by atoms with van der Waals surface area (Å²) < 4.78 is 42.8. The molecule has 1 heterocycles. The van der Waals surface area contributed by atoms with Crippen molar-refractivity contribution in [3.63, 3.8) is 0 Å². The lowest BCUT2D eigenvalue weighted by atomic mass is 10.2. The molecule has 3 rings (SSSR count). The summed E-state index contributed by atoms with van der Waals surface area (Å²) in [7, 11) is 0. The fourth-order valence-electron chi connectivity index (χ4n) is 2.16. The molecule has 0 fully saturated rings. The summed E-state index contributed by atoms with van der Waals surface area (Å²) >= 11 is 0. The first kappa shape index (κ1) is 15.9. The predicted molar refractivity (Wildman–Crippen MR) is 82.8 cm³/mol. The van der Waals surface area contributed by atoms with Gasteiger partial charge in [0.2, 0.25) is 0 Å². The molecule has 0 unspecified atom stereocenters. The van der Waals surface area contributed by atoms with Crippen LogP contribution in [0.5, 0.6) is 0 Å². The van der Waals surface area contributed by atoms with Crippen molar-refractivity contribution in [2.75, 3.05) is 10.6 Å². The Morgan fingerprint density at radius 2 is 1.67 bits per heavy atom. The molecule has 0 atom stereocenters. The summed E-state index contributed by atoms with van der Waals surface area (Å²) in [6.45, 7) is 1.71. The minimum Gasteiger partial charge on any atom is -0.441 e. The first-order chi connectivity index (χ1) is 11.3. The Labute approximate surface area is 134 Å². The zero-order chi connectivity index (χ0) is 17.3. The maximum absolute atomic E-state index is 12.5. The molecule has 3 aromatic rings. The van der Waals surface area contributed by atoms with E-state index in [1.54, 1.807) is 25.1 Å². The average Bonchev–Trinajstić information content (AvgIpc) is 2.86. The minimum absolute atomic E-state index is 0.249. The second kappa shape index (κ2) is 5.88. The minimum atomic E-state index is -4.41. The highest BCUT2D eigenvalue weighted by molar-refractivity contribution is 6.00. The molecule has 0 saturated carbocycles. The maximum Gasteiger partial charge on any atom is 0.416 e. The summed E-state index contributed by atoms with van der Waals surface area (Å²) in [5.74, 6) is 0.511. The number of alkyl halides is 3. The van der Waals surface area contributed by atoms with Crippen LogP contribution in [0.25, 0.3) is 11.1 Å². The lowest BCUT2D eigenvalue weighted by molar-refractivity contribution is -0.137. The van der Waals surface area contributed by atoms with Crippen molar-refractivity contribution in [1.82, 2.24) is 4.98 Å². The number of nitrogens with one attached hydrogen (secondary N) is 2. The number of carbonyl (C=O) groups excluding carboxylic acids is 1. The number of benzene rings is 2.